The minimum Gasteiger partial charge on any atom is -0.439 e. The Balaban J connectivity index is 1.15. The van der Waals surface area contributed by atoms with Crippen LogP contribution < -0.4 is 25.2 Å². The molecule has 1 spiro atoms. The molecular weight excluding hydrogens is 484 g/mol. The first-order valence-electron chi connectivity index (χ1n) is 12.4. The van der Waals surface area contributed by atoms with Gasteiger partial charge in [0.05, 0.1) is 23.5 Å². The number of nitrogens with zero attached hydrogens (tertiary/aromatic N) is 4. The van der Waals surface area contributed by atoms with Gasteiger partial charge in [0.1, 0.15) is 5.75 Å². The number of pyridine rings is 1. The zero-order valence-corrected chi connectivity index (χ0v) is 20.4. The van der Waals surface area contributed by atoms with E-state index in [1.807, 2.05) is 36.4 Å². The van der Waals surface area contributed by atoms with E-state index in [2.05, 4.69) is 32.7 Å². The lowest BCUT2D eigenvalue weighted by Gasteiger charge is -2.38. The highest BCUT2D eigenvalue weighted by molar-refractivity contribution is 6.24. The number of hydrogen-bond donors (Lipinski definition) is 2. The first-order chi connectivity index (χ1) is 18.5. The molecule has 0 atom stereocenters. The molecule has 0 radical (unpaired) electrons. The van der Waals surface area contributed by atoms with Gasteiger partial charge in [0, 0.05) is 31.4 Å². The number of imide groups is 2. The number of nitriles is 1. The maximum atomic E-state index is 12.7. The first-order valence-corrected chi connectivity index (χ1v) is 12.4. The molecule has 2 aromatic carbocycles. The van der Waals surface area contributed by atoms with Gasteiger partial charge in [-0.2, -0.15) is 5.26 Å². The Morgan fingerprint density at radius 2 is 1.68 bits per heavy atom. The quantitative estimate of drug-likeness (QED) is 0.515. The topological polar surface area (TPSA) is 128 Å². The third-order valence-electron chi connectivity index (χ3n) is 7.39. The Hall–Kier alpha value is -4.91. The summed E-state index contributed by atoms with van der Waals surface area (Å²) in [4.78, 5) is 45.3. The number of urea groups is 1. The van der Waals surface area contributed by atoms with Crippen LogP contribution in [0.4, 0.5) is 16.2 Å². The Morgan fingerprint density at radius 1 is 0.921 bits per heavy atom. The maximum Gasteiger partial charge on any atom is 0.328 e. The minimum absolute atomic E-state index is 0.313. The number of anilines is 2. The average Bonchev–Trinajstić information content (AvgIpc) is 3.38. The molecule has 10 heteroatoms. The number of carbonyl (C=O) groups excluding carboxylic acids is 3. The molecule has 0 aliphatic carbocycles. The fourth-order valence-corrected chi connectivity index (χ4v) is 5.46. The van der Waals surface area contributed by atoms with Crippen molar-refractivity contribution in [2.24, 2.45) is 0 Å². The Morgan fingerprint density at radius 3 is 2.39 bits per heavy atom. The van der Waals surface area contributed by atoms with Crippen molar-refractivity contribution in [3.8, 4) is 17.7 Å². The number of hydrogen-bond acceptors (Lipinski definition) is 8. The van der Waals surface area contributed by atoms with Gasteiger partial charge in [0.2, 0.25) is 5.88 Å². The second-order valence-electron chi connectivity index (χ2n) is 9.57. The fraction of sp³-hybridized carbons (Fsp3) is 0.250. The number of nitrogens with one attached hydrogen (secondary N) is 2. The summed E-state index contributed by atoms with van der Waals surface area (Å²) in [6.45, 7) is 2.12. The van der Waals surface area contributed by atoms with Crippen LogP contribution in [0.1, 0.15) is 29.5 Å². The van der Waals surface area contributed by atoms with Crippen LogP contribution in [-0.2, 0) is 22.6 Å². The predicted molar refractivity (Wildman–Crippen MR) is 138 cm³/mol. The molecule has 2 saturated heterocycles. The summed E-state index contributed by atoms with van der Waals surface area (Å²) in [5.41, 5.74) is 3.32. The highest BCUT2D eigenvalue weighted by atomic mass is 16.5. The van der Waals surface area contributed by atoms with E-state index in [4.69, 9.17) is 10.00 Å². The number of fused-ring (bicyclic) bond motifs is 1. The summed E-state index contributed by atoms with van der Waals surface area (Å²) >= 11 is 0. The van der Waals surface area contributed by atoms with Crippen LogP contribution >= 0.6 is 0 Å². The number of rotatable bonds is 4. The average molecular weight is 509 g/mol. The number of aromatic nitrogens is 1. The summed E-state index contributed by atoms with van der Waals surface area (Å²) in [5.74, 6) is -0.158. The van der Waals surface area contributed by atoms with Gasteiger partial charge in [0.15, 0.2) is 5.54 Å². The van der Waals surface area contributed by atoms with Gasteiger partial charge in [-0.05, 0) is 72.9 Å². The second-order valence-corrected chi connectivity index (χ2v) is 9.57. The zero-order chi connectivity index (χ0) is 26.3. The molecule has 3 aliphatic heterocycles. The summed E-state index contributed by atoms with van der Waals surface area (Å²) in [6.07, 6.45) is 3.38. The van der Waals surface area contributed by atoms with E-state index in [1.165, 1.54) is 11.1 Å². The lowest BCUT2D eigenvalue weighted by molar-refractivity contribution is -0.137. The van der Waals surface area contributed by atoms with E-state index >= 15 is 0 Å². The second kappa shape index (κ2) is 9.19. The first kappa shape index (κ1) is 23.5. The highest BCUT2D eigenvalue weighted by Crippen LogP contribution is 2.36. The zero-order valence-electron chi connectivity index (χ0n) is 20.4. The Bertz CT molecular complexity index is 1460. The summed E-state index contributed by atoms with van der Waals surface area (Å²) in [7, 11) is 0. The van der Waals surface area contributed by atoms with Crippen molar-refractivity contribution in [3.63, 3.8) is 0 Å². The van der Waals surface area contributed by atoms with Crippen molar-refractivity contribution in [1.29, 1.82) is 5.26 Å². The third-order valence-corrected chi connectivity index (χ3v) is 7.39. The monoisotopic (exact) mass is 508 g/mol. The van der Waals surface area contributed by atoms with Gasteiger partial charge in [-0.3, -0.25) is 20.2 Å². The molecule has 4 amide bonds. The van der Waals surface area contributed by atoms with Crippen molar-refractivity contribution >= 4 is 29.2 Å². The standard InChI is InChI=1S/C28H24N6O4/c29-15-18-2-5-21(6-3-18)33-13-10-19-14-23(8-4-20(19)17-33)38-24-9-7-22(16-30-24)34-12-1-11-28(34)25(35)31-27(37)32-26(28)36/h2-9,14,16H,1,10-13,17H2,(H2,31,32,35,36,37). The van der Waals surface area contributed by atoms with Gasteiger partial charge >= 0.3 is 6.03 Å². The summed E-state index contributed by atoms with van der Waals surface area (Å²) in [5, 5.41) is 13.5. The molecular formula is C28H24N6O4. The SMILES string of the molecule is N#Cc1ccc(N2CCc3cc(Oc4ccc(N5CCCC56C(=O)NC(=O)NC6=O)cn4)ccc3C2)cc1. The minimum atomic E-state index is -1.46. The molecule has 3 aromatic rings. The molecule has 2 fully saturated rings. The van der Waals surface area contributed by atoms with Crippen molar-refractivity contribution in [2.75, 3.05) is 22.9 Å². The van der Waals surface area contributed by atoms with Crippen molar-refractivity contribution in [1.82, 2.24) is 15.6 Å². The Kier molecular flexibility index (Phi) is 5.68. The van der Waals surface area contributed by atoms with Crippen LogP contribution in [0.5, 0.6) is 11.6 Å². The molecule has 38 heavy (non-hydrogen) atoms. The van der Waals surface area contributed by atoms with Gasteiger partial charge < -0.3 is 14.5 Å². The molecule has 2 N–H and O–H groups in total. The van der Waals surface area contributed by atoms with Crippen LogP contribution in [-0.4, -0.2) is 41.5 Å². The van der Waals surface area contributed by atoms with Crippen molar-refractivity contribution < 1.29 is 19.1 Å². The molecule has 190 valence electrons. The number of amides is 4. The van der Waals surface area contributed by atoms with E-state index in [0.29, 0.717) is 42.3 Å². The number of ether oxygens (including phenoxy) is 1. The lowest BCUT2D eigenvalue weighted by Crippen LogP contribution is -2.71. The summed E-state index contributed by atoms with van der Waals surface area (Å²) < 4.78 is 6.02. The van der Waals surface area contributed by atoms with Gasteiger partial charge in [0.25, 0.3) is 11.8 Å². The normalized spacial score (nSPS) is 18.0. The predicted octanol–water partition coefficient (Wildman–Crippen LogP) is 3.01. The van der Waals surface area contributed by atoms with Gasteiger partial charge in [-0.15, -0.1) is 0 Å². The van der Waals surface area contributed by atoms with Crippen LogP contribution in [0.25, 0.3) is 0 Å². The Labute approximate surface area is 218 Å². The van der Waals surface area contributed by atoms with E-state index in [0.717, 1.165) is 25.2 Å². The lowest BCUT2D eigenvalue weighted by atomic mass is 9.92. The van der Waals surface area contributed by atoms with E-state index in [9.17, 15) is 14.4 Å². The number of carbonyl (C=O) groups is 3. The van der Waals surface area contributed by atoms with Gasteiger partial charge in [-0.1, -0.05) is 6.07 Å². The van der Waals surface area contributed by atoms with Crippen molar-refractivity contribution in [2.45, 2.75) is 31.3 Å². The third kappa shape index (κ3) is 3.98. The molecule has 10 nitrogen and oxygen atoms in total. The van der Waals surface area contributed by atoms with Gasteiger partial charge in [-0.25, -0.2) is 9.78 Å². The molecule has 0 unspecified atom stereocenters. The van der Waals surface area contributed by atoms with E-state index in [1.54, 1.807) is 23.2 Å². The maximum absolute atomic E-state index is 12.7. The fourth-order valence-electron chi connectivity index (χ4n) is 5.46. The van der Waals surface area contributed by atoms with Crippen LogP contribution in [0.2, 0.25) is 0 Å². The summed E-state index contributed by atoms with van der Waals surface area (Å²) in [6, 6.07) is 18.5. The van der Waals surface area contributed by atoms with E-state index in [-0.39, 0.29) is 0 Å². The van der Waals surface area contributed by atoms with Crippen LogP contribution in [0.15, 0.2) is 60.8 Å². The molecule has 1 aromatic heterocycles. The van der Waals surface area contributed by atoms with Crippen molar-refractivity contribution in [3.05, 3.63) is 77.5 Å². The number of benzene rings is 2. The molecule has 0 saturated carbocycles. The van der Waals surface area contributed by atoms with Crippen LogP contribution in [0.3, 0.4) is 0 Å². The highest BCUT2D eigenvalue weighted by Gasteiger charge is 2.57. The largest absolute Gasteiger partial charge is 0.439 e. The molecule has 4 heterocycles. The molecule has 0 bridgehead atoms. The molecule has 3 aliphatic rings. The molecule has 6 rings (SSSR count). The number of barbiturate groups is 1. The van der Waals surface area contributed by atoms with Crippen LogP contribution in [0, 0.1) is 11.3 Å². The van der Waals surface area contributed by atoms with E-state index < -0.39 is 23.4 Å². The smallest absolute Gasteiger partial charge is 0.328 e.